The van der Waals surface area contributed by atoms with Crippen LogP contribution in [0.3, 0.4) is 0 Å². The Bertz CT molecular complexity index is 721. The van der Waals surface area contributed by atoms with Gasteiger partial charge in [-0.2, -0.15) is 13.2 Å². The van der Waals surface area contributed by atoms with Crippen molar-refractivity contribution in [3.8, 4) is 0 Å². The molecule has 1 amide bonds. The van der Waals surface area contributed by atoms with Crippen molar-refractivity contribution in [2.75, 3.05) is 17.7 Å². The number of halogens is 3. The van der Waals surface area contributed by atoms with Gasteiger partial charge in [0.1, 0.15) is 10.6 Å². The Labute approximate surface area is 129 Å². The van der Waals surface area contributed by atoms with Crippen molar-refractivity contribution in [3.05, 3.63) is 29.8 Å². The molecule has 1 aromatic heterocycles. The number of hydrogen-bond donors (Lipinski definition) is 2. The van der Waals surface area contributed by atoms with Gasteiger partial charge in [-0.3, -0.25) is 10.1 Å². The molecule has 0 unspecified atom stereocenters. The van der Waals surface area contributed by atoms with E-state index in [9.17, 15) is 26.4 Å². The predicted octanol–water partition coefficient (Wildman–Crippen LogP) is 1.50. The van der Waals surface area contributed by atoms with Gasteiger partial charge in [0.05, 0.1) is 18.8 Å². The van der Waals surface area contributed by atoms with Crippen LogP contribution in [0, 0.1) is 0 Å². The van der Waals surface area contributed by atoms with Gasteiger partial charge in [0.2, 0.25) is 5.88 Å². The molecule has 11 heteroatoms. The van der Waals surface area contributed by atoms with Gasteiger partial charge in [0.15, 0.2) is 9.84 Å². The molecule has 0 spiro atoms. The first-order valence-corrected chi connectivity index (χ1v) is 7.67. The van der Waals surface area contributed by atoms with Gasteiger partial charge in [-0.25, -0.2) is 8.42 Å². The summed E-state index contributed by atoms with van der Waals surface area (Å²) in [5.74, 6) is -2.80. The number of nitrogens with one attached hydrogen (secondary N) is 1. The molecule has 0 bridgehead atoms. The molecule has 1 rings (SSSR count). The molecule has 0 fully saturated rings. The van der Waals surface area contributed by atoms with E-state index in [4.69, 9.17) is 5.11 Å². The summed E-state index contributed by atoms with van der Waals surface area (Å²) in [5, 5.41) is 14.3. The van der Waals surface area contributed by atoms with Gasteiger partial charge in [-0.1, -0.05) is 18.3 Å². The lowest BCUT2D eigenvalue weighted by Crippen LogP contribution is -2.24. The third-order valence-corrected chi connectivity index (χ3v) is 4.26. The number of aliphatic hydroxyl groups is 1. The molecule has 0 aliphatic carbocycles. The maximum atomic E-state index is 12.1. The van der Waals surface area contributed by atoms with Crippen LogP contribution in [-0.2, 0) is 14.6 Å². The molecule has 1 aromatic rings. The molecule has 0 radical (unpaired) electrons. The van der Waals surface area contributed by atoms with E-state index in [1.165, 1.54) is 0 Å². The van der Waals surface area contributed by atoms with E-state index in [1.807, 2.05) is 5.32 Å². The molecule has 0 saturated heterocycles. The summed E-state index contributed by atoms with van der Waals surface area (Å²) in [5.41, 5.74) is 0.305. The topological polar surface area (TPSA) is 110 Å². The lowest BCUT2D eigenvalue weighted by atomic mass is 10.2. The smallest absolute Gasteiger partial charge is 0.390 e. The van der Waals surface area contributed by atoms with Crippen LogP contribution >= 0.6 is 0 Å². The normalized spacial score (nSPS) is 12.0. The average molecular weight is 354 g/mol. The number of rotatable bonds is 7. The zero-order valence-corrected chi connectivity index (χ0v) is 12.5. The number of aliphatic hydroxyl groups excluding tert-OH is 1. The Morgan fingerprint density at radius 3 is 2.52 bits per heavy atom. The van der Waals surface area contributed by atoms with Crippen molar-refractivity contribution >= 4 is 27.2 Å². The van der Waals surface area contributed by atoms with Gasteiger partial charge in [0.25, 0.3) is 5.91 Å². The molecule has 0 aliphatic heterocycles. The Kier molecular flexibility index (Phi) is 5.72. The third kappa shape index (κ3) is 5.53. The number of hydrogen-bond acceptors (Lipinski definition) is 6. The molecule has 23 heavy (non-hydrogen) atoms. The van der Waals surface area contributed by atoms with Crippen molar-refractivity contribution in [2.24, 2.45) is 0 Å². The number of sulfone groups is 1. The molecular weight excluding hydrogens is 341 g/mol. The van der Waals surface area contributed by atoms with Crippen LogP contribution in [-0.4, -0.2) is 43.1 Å². The van der Waals surface area contributed by atoms with E-state index < -0.39 is 45.6 Å². The Morgan fingerprint density at radius 2 is 2.00 bits per heavy atom. The molecule has 0 aromatic carbocycles. The van der Waals surface area contributed by atoms with Crippen LogP contribution in [0.5, 0.6) is 0 Å². The highest BCUT2D eigenvalue weighted by Crippen LogP contribution is 2.22. The second kappa shape index (κ2) is 6.96. The number of carbonyl (C=O) groups is 1. The third-order valence-electron chi connectivity index (χ3n) is 2.58. The van der Waals surface area contributed by atoms with Crippen molar-refractivity contribution in [3.63, 3.8) is 0 Å². The fraction of sp³-hybridized carbons (Fsp3) is 0.333. The van der Waals surface area contributed by atoms with Crippen LogP contribution in [0.4, 0.5) is 19.1 Å². The molecule has 0 atom stereocenters. The summed E-state index contributed by atoms with van der Waals surface area (Å²) in [7, 11) is -4.47. The van der Waals surface area contributed by atoms with E-state index >= 15 is 0 Å². The SMILES string of the molecule is C=C(CO)c1cc(NC(=O)C(=C)S(=O)(=O)CCC(F)(F)F)on1. The quantitative estimate of drug-likeness (QED) is 0.718. The van der Waals surface area contributed by atoms with Gasteiger partial charge >= 0.3 is 6.18 Å². The summed E-state index contributed by atoms with van der Waals surface area (Å²) in [4.78, 5) is 10.7. The molecule has 0 aliphatic rings. The zero-order chi connectivity index (χ0) is 17.8. The Hall–Kier alpha value is -2.14. The highest BCUT2D eigenvalue weighted by Gasteiger charge is 2.32. The van der Waals surface area contributed by atoms with E-state index in [0.29, 0.717) is 0 Å². The van der Waals surface area contributed by atoms with Crippen molar-refractivity contribution in [1.29, 1.82) is 0 Å². The minimum absolute atomic E-state index is 0.119. The highest BCUT2D eigenvalue weighted by atomic mass is 32.2. The minimum atomic E-state index is -4.67. The first kappa shape index (κ1) is 18.9. The summed E-state index contributed by atoms with van der Waals surface area (Å²) < 4.78 is 64.1. The first-order chi connectivity index (χ1) is 10.5. The summed E-state index contributed by atoms with van der Waals surface area (Å²) in [6, 6.07) is 1.16. The van der Waals surface area contributed by atoms with Crippen LogP contribution in [0.25, 0.3) is 5.57 Å². The van der Waals surface area contributed by atoms with Crippen LogP contribution in [0.1, 0.15) is 12.1 Å². The monoisotopic (exact) mass is 354 g/mol. The van der Waals surface area contributed by atoms with Crippen molar-refractivity contribution < 1.29 is 36.0 Å². The summed E-state index contributed by atoms with van der Waals surface area (Å²) in [6.07, 6.45) is -6.27. The molecule has 2 N–H and O–H groups in total. The summed E-state index contributed by atoms with van der Waals surface area (Å²) in [6.45, 7) is 6.03. The average Bonchev–Trinajstić information content (AvgIpc) is 2.91. The lowest BCUT2D eigenvalue weighted by molar-refractivity contribution is -0.130. The Balaban J connectivity index is 2.75. The fourth-order valence-electron chi connectivity index (χ4n) is 1.28. The number of aromatic nitrogens is 1. The minimum Gasteiger partial charge on any atom is -0.392 e. The molecular formula is C12H13F3N2O5S. The maximum absolute atomic E-state index is 12.1. The van der Waals surface area contributed by atoms with Crippen LogP contribution in [0.2, 0.25) is 0 Å². The predicted molar refractivity (Wildman–Crippen MR) is 74.9 cm³/mol. The fourth-order valence-corrected chi connectivity index (χ4v) is 2.36. The summed E-state index contributed by atoms with van der Waals surface area (Å²) >= 11 is 0. The standard InChI is InChI=1S/C12H13F3N2O5S/c1-7(6-18)9-5-10(22-17-9)16-11(19)8(2)23(20,21)4-3-12(13,14)15/h5,18H,1-4,6H2,(H,16,19). The van der Waals surface area contributed by atoms with Gasteiger partial charge < -0.3 is 9.63 Å². The number of anilines is 1. The zero-order valence-electron chi connectivity index (χ0n) is 11.7. The van der Waals surface area contributed by atoms with Crippen LogP contribution < -0.4 is 5.32 Å². The highest BCUT2D eigenvalue weighted by molar-refractivity contribution is 7.96. The number of nitrogens with zero attached hydrogens (tertiary/aromatic N) is 1. The number of alkyl halides is 3. The van der Waals surface area contributed by atoms with Gasteiger partial charge in [-0.15, -0.1) is 0 Å². The second-order valence-corrected chi connectivity index (χ2v) is 6.53. The first-order valence-electron chi connectivity index (χ1n) is 6.02. The molecule has 1 heterocycles. The van der Waals surface area contributed by atoms with E-state index in [0.717, 1.165) is 6.07 Å². The van der Waals surface area contributed by atoms with Gasteiger partial charge in [0, 0.05) is 6.07 Å². The lowest BCUT2D eigenvalue weighted by Gasteiger charge is -2.08. The maximum Gasteiger partial charge on any atom is 0.390 e. The van der Waals surface area contributed by atoms with Crippen LogP contribution in [0.15, 0.2) is 28.7 Å². The Morgan fingerprint density at radius 1 is 1.39 bits per heavy atom. The largest absolute Gasteiger partial charge is 0.392 e. The van der Waals surface area contributed by atoms with E-state index in [-0.39, 0.29) is 17.2 Å². The van der Waals surface area contributed by atoms with Crippen molar-refractivity contribution in [1.82, 2.24) is 5.16 Å². The van der Waals surface area contributed by atoms with E-state index in [2.05, 4.69) is 22.8 Å². The molecule has 0 saturated carbocycles. The number of amides is 1. The molecule has 7 nitrogen and oxygen atoms in total. The molecule has 128 valence electrons. The van der Waals surface area contributed by atoms with Gasteiger partial charge in [-0.05, 0) is 5.57 Å². The number of carbonyl (C=O) groups excluding carboxylic acids is 1. The van der Waals surface area contributed by atoms with Crippen molar-refractivity contribution in [2.45, 2.75) is 12.6 Å². The second-order valence-electron chi connectivity index (χ2n) is 4.40. The van der Waals surface area contributed by atoms with E-state index in [1.54, 1.807) is 0 Å².